The number of imidazole rings is 1. The molecule has 9 heteroatoms. The number of anilines is 1. The lowest BCUT2D eigenvalue weighted by Crippen LogP contribution is -2.27. The largest absolute Gasteiger partial charge is 0.368 e. The van der Waals surface area contributed by atoms with Crippen LogP contribution in [0.4, 0.5) is 5.82 Å². The molecule has 1 amide bonds. The van der Waals surface area contributed by atoms with Crippen LogP contribution in [0.15, 0.2) is 10.9 Å². The standard InChI is InChI=1S/C17H21N7O2/c1-10-13(11(2)26-23-10)15-21-14-16(19-9-20-17(14)22-15)18-6-4-8-24-7-3-5-12(24)25/h9H,3-8H2,1-2H3,(H2,18,19,20,21,22). The summed E-state index contributed by atoms with van der Waals surface area (Å²) in [6.45, 7) is 6.09. The molecule has 0 saturated carbocycles. The van der Waals surface area contributed by atoms with E-state index in [1.165, 1.54) is 6.33 Å². The number of fused-ring (bicyclic) bond motifs is 1. The predicted octanol–water partition coefficient (Wildman–Crippen LogP) is 2.05. The Bertz CT molecular complexity index is 926. The number of hydrogen-bond acceptors (Lipinski definition) is 7. The Kier molecular flexibility index (Phi) is 4.27. The number of rotatable bonds is 6. The lowest BCUT2D eigenvalue weighted by Gasteiger charge is -2.15. The number of aromatic nitrogens is 5. The maximum Gasteiger partial charge on any atom is 0.222 e. The molecule has 0 bridgehead atoms. The minimum absolute atomic E-state index is 0.257. The van der Waals surface area contributed by atoms with E-state index < -0.39 is 0 Å². The van der Waals surface area contributed by atoms with Gasteiger partial charge in [0.1, 0.15) is 23.4 Å². The summed E-state index contributed by atoms with van der Waals surface area (Å²) in [4.78, 5) is 29.9. The Labute approximate surface area is 150 Å². The first-order valence-corrected chi connectivity index (χ1v) is 8.79. The van der Waals surface area contributed by atoms with Gasteiger partial charge in [0, 0.05) is 26.1 Å². The van der Waals surface area contributed by atoms with Crippen molar-refractivity contribution in [1.29, 1.82) is 0 Å². The second kappa shape index (κ2) is 6.74. The van der Waals surface area contributed by atoms with Gasteiger partial charge in [0.2, 0.25) is 5.91 Å². The summed E-state index contributed by atoms with van der Waals surface area (Å²) in [5.41, 5.74) is 2.97. The van der Waals surface area contributed by atoms with Gasteiger partial charge in [-0.25, -0.2) is 15.0 Å². The van der Waals surface area contributed by atoms with Crippen LogP contribution in [0.25, 0.3) is 22.6 Å². The zero-order valence-electron chi connectivity index (χ0n) is 14.9. The number of nitrogens with zero attached hydrogens (tertiary/aromatic N) is 5. The number of hydrogen-bond donors (Lipinski definition) is 2. The van der Waals surface area contributed by atoms with Gasteiger partial charge in [-0.3, -0.25) is 4.79 Å². The van der Waals surface area contributed by atoms with Crippen LogP contribution in [-0.2, 0) is 4.79 Å². The number of amides is 1. The highest BCUT2D eigenvalue weighted by Gasteiger charge is 2.20. The molecular formula is C17H21N7O2. The molecule has 1 aliphatic rings. The molecule has 1 saturated heterocycles. The second-order valence-corrected chi connectivity index (χ2v) is 6.47. The fourth-order valence-electron chi connectivity index (χ4n) is 3.32. The third-order valence-corrected chi connectivity index (χ3v) is 4.63. The maximum atomic E-state index is 11.6. The van der Waals surface area contributed by atoms with Crippen molar-refractivity contribution in [3.63, 3.8) is 0 Å². The van der Waals surface area contributed by atoms with Crippen LogP contribution in [0.1, 0.15) is 30.7 Å². The smallest absolute Gasteiger partial charge is 0.222 e. The van der Waals surface area contributed by atoms with Crippen molar-refractivity contribution in [3.8, 4) is 11.4 Å². The molecule has 26 heavy (non-hydrogen) atoms. The molecule has 4 rings (SSSR count). The number of aromatic amines is 1. The number of carbonyl (C=O) groups excluding carboxylic acids is 1. The van der Waals surface area contributed by atoms with Crippen LogP contribution < -0.4 is 5.32 Å². The molecule has 0 aromatic carbocycles. The molecule has 3 aromatic heterocycles. The Balaban J connectivity index is 1.48. The summed E-state index contributed by atoms with van der Waals surface area (Å²) in [5.74, 6) is 2.34. The molecule has 2 N–H and O–H groups in total. The lowest BCUT2D eigenvalue weighted by molar-refractivity contribution is -0.127. The summed E-state index contributed by atoms with van der Waals surface area (Å²) >= 11 is 0. The molecule has 1 fully saturated rings. The van der Waals surface area contributed by atoms with E-state index in [4.69, 9.17) is 4.52 Å². The Hall–Kier alpha value is -2.97. The zero-order valence-corrected chi connectivity index (χ0v) is 14.9. The minimum Gasteiger partial charge on any atom is -0.368 e. The molecule has 1 aliphatic heterocycles. The Morgan fingerprint density at radius 2 is 2.23 bits per heavy atom. The van der Waals surface area contributed by atoms with Crippen LogP contribution in [0.5, 0.6) is 0 Å². The van der Waals surface area contributed by atoms with Crippen molar-refractivity contribution in [3.05, 3.63) is 17.8 Å². The Morgan fingerprint density at radius 3 is 2.96 bits per heavy atom. The van der Waals surface area contributed by atoms with Gasteiger partial charge in [-0.05, 0) is 26.7 Å². The fourth-order valence-corrected chi connectivity index (χ4v) is 3.32. The Morgan fingerprint density at radius 1 is 1.35 bits per heavy atom. The normalized spacial score (nSPS) is 14.5. The summed E-state index contributed by atoms with van der Waals surface area (Å²) < 4.78 is 5.22. The molecule has 9 nitrogen and oxygen atoms in total. The van der Waals surface area contributed by atoms with Gasteiger partial charge in [-0.2, -0.15) is 0 Å². The van der Waals surface area contributed by atoms with E-state index in [1.807, 2.05) is 18.7 Å². The molecule has 0 unspecified atom stereocenters. The molecule has 0 atom stereocenters. The van der Waals surface area contributed by atoms with Crippen molar-refractivity contribution in [1.82, 2.24) is 30.0 Å². The van der Waals surface area contributed by atoms with Gasteiger partial charge in [-0.1, -0.05) is 5.16 Å². The number of aryl methyl sites for hydroxylation is 2. The summed E-state index contributed by atoms with van der Waals surface area (Å²) in [7, 11) is 0. The topological polar surface area (TPSA) is 113 Å². The van der Waals surface area contributed by atoms with Crippen molar-refractivity contribution < 1.29 is 9.32 Å². The number of likely N-dealkylation sites (tertiary alicyclic amines) is 1. The van der Waals surface area contributed by atoms with Crippen molar-refractivity contribution in [2.45, 2.75) is 33.1 Å². The molecule has 4 heterocycles. The highest BCUT2D eigenvalue weighted by molar-refractivity contribution is 5.85. The fraction of sp³-hybridized carbons (Fsp3) is 0.471. The van der Waals surface area contributed by atoms with Gasteiger partial charge >= 0.3 is 0 Å². The van der Waals surface area contributed by atoms with E-state index in [9.17, 15) is 4.79 Å². The third kappa shape index (κ3) is 3.00. The van der Waals surface area contributed by atoms with Crippen LogP contribution in [-0.4, -0.2) is 55.5 Å². The van der Waals surface area contributed by atoms with Gasteiger partial charge in [0.15, 0.2) is 11.5 Å². The summed E-state index contributed by atoms with van der Waals surface area (Å²) in [6, 6.07) is 0. The highest BCUT2D eigenvalue weighted by atomic mass is 16.5. The lowest BCUT2D eigenvalue weighted by atomic mass is 10.2. The van der Waals surface area contributed by atoms with Crippen LogP contribution in [0, 0.1) is 13.8 Å². The molecule has 136 valence electrons. The number of nitrogens with one attached hydrogen (secondary N) is 2. The molecule has 0 radical (unpaired) electrons. The first-order chi connectivity index (χ1) is 12.6. The van der Waals surface area contributed by atoms with Crippen molar-refractivity contribution >= 4 is 22.9 Å². The minimum atomic E-state index is 0.257. The molecule has 0 aliphatic carbocycles. The number of carbonyl (C=O) groups is 1. The molecule has 3 aromatic rings. The second-order valence-electron chi connectivity index (χ2n) is 6.47. The summed E-state index contributed by atoms with van der Waals surface area (Å²) in [5, 5.41) is 7.29. The first-order valence-electron chi connectivity index (χ1n) is 8.79. The summed E-state index contributed by atoms with van der Waals surface area (Å²) in [6.07, 6.45) is 4.00. The predicted molar refractivity (Wildman–Crippen MR) is 95.6 cm³/mol. The monoisotopic (exact) mass is 355 g/mol. The average molecular weight is 355 g/mol. The molecular weight excluding hydrogens is 334 g/mol. The molecule has 0 spiro atoms. The van der Waals surface area contributed by atoms with Crippen LogP contribution in [0.2, 0.25) is 0 Å². The van der Waals surface area contributed by atoms with E-state index >= 15 is 0 Å². The van der Waals surface area contributed by atoms with Crippen LogP contribution in [0.3, 0.4) is 0 Å². The van der Waals surface area contributed by atoms with E-state index in [2.05, 4.69) is 30.4 Å². The maximum absolute atomic E-state index is 11.6. The van der Waals surface area contributed by atoms with Gasteiger partial charge in [-0.15, -0.1) is 0 Å². The van der Waals surface area contributed by atoms with E-state index in [0.717, 1.165) is 49.2 Å². The van der Waals surface area contributed by atoms with E-state index in [-0.39, 0.29) is 5.91 Å². The SMILES string of the molecule is Cc1noc(C)c1-c1nc2ncnc(NCCCN3CCCC3=O)c2[nH]1. The third-order valence-electron chi connectivity index (χ3n) is 4.63. The van der Waals surface area contributed by atoms with E-state index in [1.54, 1.807) is 0 Å². The van der Waals surface area contributed by atoms with Crippen molar-refractivity contribution in [2.24, 2.45) is 0 Å². The van der Waals surface area contributed by atoms with Crippen LogP contribution >= 0.6 is 0 Å². The quantitative estimate of drug-likeness (QED) is 0.651. The van der Waals surface area contributed by atoms with Gasteiger partial charge in [0.05, 0.1) is 11.3 Å². The zero-order chi connectivity index (χ0) is 18.1. The van der Waals surface area contributed by atoms with Crippen molar-refractivity contribution in [2.75, 3.05) is 25.0 Å². The first kappa shape index (κ1) is 16.5. The highest BCUT2D eigenvalue weighted by Crippen LogP contribution is 2.27. The van der Waals surface area contributed by atoms with Gasteiger partial charge < -0.3 is 19.7 Å². The average Bonchev–Trinajstić information content (AvgIpc) is 3.31. The number of H-pyrrole nitrogens is 1. The van der Waals surface area contributed by atoms with Gasteiger partial charge in [0.25, 0.3) is 0 Å². The van der Waals surface area contributed by atoms with E-state index in [0.29, 0.717) is 29.5 Å².